The van der Waals surface area contributed by atoms with Gasteiger partial charge < -0.3 is 9.80 Å². The lowest BCUT2D eigenvalue weighted by Crippen LogP contribution is -2.62. The Morgan fingerprint density at radius 1 is 0.438 bits per heavy atom. The summed E-state index contributed by atoms with van der Waals surface area (Å²) < 4.78 is 2.68. The standard InChI is InChI=1S/C60H59BN2S/c1-36-29-52-55-53(30-36)63(49-34-44-42(31-37(49)2)57(3,4)25-27-59(44,7)8)50-32-39(38-17-12-11-13-18-38)23-24-46(50)61(55)47-33-43-45(60(9,10)28-26-58(43,5)6)35-51(47)62(52)48-21-16-20-41-40-19-14-15-22-54(40)64-56(41)48/h11-24,29-35H,25-28H2,1-10H3. The minimum absolute atomic E-state index is 0.0500. The molecule has 4 aliphatic rings. The van der Waals surface area contributed by atoms with Crippen LogP contribution in [0.25, 0.3) is 31.3 Å². The van der Waals surface area contributed by atoms with Gasteiger partial charge in [-0.2, -0.15) is 0 Å². The summed E-state index contributed by atoms with van der Waals surface area (Å²) >= 11 is 1.94. The Morgan fingerprint density at radius 2 is 0.984 bits per heavy atom. The maximum Gasteiger partial charge on any atom is 0.252 e. The average molecular weight is 851 g/mol. The fraction of sp³-hybridized carbons (Fsp3) is 0.300. The monoisotopic (exact) mass is 850 g/mol. The van der Waals surface area contributed by atoms with Crippen LogP contribution in [0.5, 0.6) is 0 Å². The minimum Gasteiger partial charge on any atom is -0.311 e. The number of aryl methyl sites for hydroxylation is 2. The molecule has 3 heterocycles. The largest absolute Gasteiger partial charge is 0.311 e. The lowest BCUT2D eigenvalue weighted by Gasteiger charge is -2.48. The van der Waals surface area contributed by atoms with Gasteiger partial charge in [-0.05, 0) is 165 Å². The molecule has 7 aromatic carbocycles. The van der Waals surface area contributed by atoms with Crippen LogP contribution in [0.4, 0.5) is 34.1 Å². The van der Waals surface area contributed by atoms with E-state index in [2.05, 4.69) is 206 Å². The molecule has 12 rings (SSSR count). The number of nitrogens with zero attached hydrogens (tertiary/aromatic N) is 2. The lowest BCUT2D eigenvalue weighted by atomic mass is 9.33. The number of benzene rings is 7. The van der Waals surface area contributed by atoms with Crippen molar-refractivity contribution in [1.82, 2.24) is 0 Å². The number of hydrogen-bond acceptors (Lipinski definition) is 3. The lowest BCUT2D eigenvalue weighted by molar-refractivity contribution is 0.332. The zero-order valence-corrected chi connectivity index (χ0v) is 40.1. The molecule has 0 amide bonds. The van der Waals surface area contributed by atoms with Gasteiger partial charge in [-0.15, -0.1) is 11.3 Å². The molecule has 0 unspecified atom stereocenters. The average Bonchev–Trinajstić information content (AvgIpc) is 3.66. The first-order valence-electron chi connectivity index (χ1n) is 23.7. The summed E-state index contributed by atoms with van der Waals surface area (Å²) in [6.45, 7) is 24.5. The topological polar surface area (TPSA) is 6.48 Å². The molecular weight excluding hydrogens is 792 g/mol. The molecule has 318 valence electrons. The Bertz CT molecular complexity index is 3270. The molecule has 4 heteroatoms. The molecular formula is C60H59BN2S. The Labute approximate surface area is 385 Å². The Hall–Kier alpha value is -5.58. The predicted octanol–water partition coefficient (Wildman–Crippen LogP) is 15.1. The van der Waals surface area contributed by atoms with Crippen molar-refractivity contribution >= 4 is 88.7 Å². The van der Waals surface area contributed by atoms with E-state index in [0.29, 0.717) is 0 Å². The third-order valence-electron chi connectivity index (χ3n) is 16.3. The minimum atomic E-state index is 0.0500. The maximum absolute atomic E-state index is 2.69. The van der Waals surface area contributed by atoms with E-state index in [1.54, 1.807) is 0 Å². The van der Waals surface area contributed by atoms with Crippen molar-refractivity contribution in [2.45, 2.75) is 117 Å². The van der Waals surface area contributed by atoms with Crippen molar-refractivity contribution in [2.75, 3.05) is 9.80 Å². The number of rotatable bonds is 3. The first kappa shape index (κ1) is 40.0. The molecule has 0 saturated heterocycles. The third kappa shape index (κ3) is 5.70. The van der Waals surface area contributed by atoms with Gasteiger partial charge in [-0.25, -0.2) is 0 Å². The highest BCUT2D eigenvalue weighted by Gasteiger charge is 2.47. The summed E-state index contributed by atoms with van der Waals surface area (Å²) in [5.41, 5.74) is 23.4. The highest BCUT2D eigenvalue weighted by atomic mass is 32.1. The van der Waals surface area contributed by atoms with Gasteiger partial charge in [0.05, 0.1) is 10.4 Å². The van der Waals surface area contributed by atoms with Crippen molar-refractivity contribution in [2.24, 2.45) is 0 Å². The van der Waals surface area contributed by atoms with E-state index in [-0.39, 0.29) is 28.4 Å². The molecule has 2 nitrogen and oxygen atoms in total. The van der Waals surface area contributed by atoms with E-state index < -0.39 is 0 Å². The van der Waals surface area contributed by atoms with Gasteiger partial charge in [0.1, 0.15) is 0 Å². The van der Waals surface area contributed by atoms with Gasteiger partial charge in [0, 0.05) is 43.9 Å². The fourth-order valence-electron chi connectivity index (χ4n) is 12.4. The van der Waals surface area contributed by atoms with Crippen LogP contribution in [-0.4, -0.2) is 6.71 Å². The summed E-state index contributed by atoms with van der Waals surface area (Å²) in [6.07, 6.45) is 4.73. The number of hydrogen-bond donors (Lipinski definition) is 0. The number of fused-ring (bicyclic) bond motifs is 9. The predicted molar refractivity (Wildman–Crippen MR) is 279 cm³/mol. The quantitative estimate of drug-likeness (QED) is 0.163. The first-order valence-corrected chi connectivity index (χ1v) is 24.5. The first-order chi connectivity index (χ1) is 30.5. The molecule has 64 heavy (non-hydrogen) atoms. The van der Waals surface area contributed by atoms with E-state index >= 15 is 0 Å². The van der Waals surface area contributed by atoms with Crippen LogP contribution < -0.4 is 26.2 Å². The Balaban J connectivity index is 1.21. The van der Waals surface area contributed by atoms with Gasteiger partial charge in [-0.3, -0.25) is 0 Å². The maximum atomic E-state index is 2.69. The van der Waals surface area contributed by atoms with Crippen LogP contribution in [0.2, 0.25) is 0 Å². The Kier molecular flexibility index (Phi) is 8.42. The Morgan fingerprint density at radius 3 is 1.66 bits per heavy atom. The van der Waals surface area contributed by atoms with Gasteiger partial charge in [0.15, 0.2) is 0 Å². The van der Waals surface area contributed by atoms with Crippen LogP contribution in [0.3, 0.4) is 0 Å². The van der Waals surface area contributed by atoms with Gasteiger partial charge in [0.25, 0.3) is 6.71 Å². The van der Waals surface area contributed by atoms with Crippen LogP contribution in [0, 0.1) is 13.8 Å². The van der Waals surface area contributed by atoms with Crippen molar-refractivity contribution in [3.05, 3.63) is 161 Å². The zero-order valence-electron chi connectivity index (χ0n) is 39.3. The van der Waals surface area contributed by atoms with Crippen LogP contribution in [-0.2, 0) is 21.7 Å². The second kappa shape index (κ2) is 13.5. The van der Waals surface area contributed by atoms with Gasteiger partial charge in [-0.1, -0.05) is 140 Å². The summed E-state index contributed by atoms with van der Waals surface area (Å²) in [6, 6.07) is 49.9. The summed E-state index contributed by atoms with van der Waals surface area (Å²) in [5.74, 6) is 0. The molecule has 1 aromatic heterocycles. The fourth-order valence-corrected chi connectivity index (χ4v) is 13.6. The van der Waals surface area contributed by atoms with E-state index in [1.807, 2.05) is 11.3 Å². The van der Waals surface area contributed by atoms with Crippen LogP contribution in [0.15, 0.2) is 127 Å². The van der Waals surface area contributed by atoms with E-state index in [9.17, 15) is 0 Å². The van der Waals surface area contributed by atoms with Gasteiger partial charge in [0.2, 0.25) is 0 Å². The number of thiophene rings is 1. The van der Waals surface area contributed by atoms with E-state index in [0.717, 1.165) is 0 Å². The molecule has 0 fully saturated rings. The molecule has 0 N–H and O–H groups in total. The molecule has 8 aromatic rings. The normalized spacial score (nSPS) is 18.3. The van der Waals surface area contributed by atoms with Crippen molar-refractivity contribution < 1.29 is 0 Å². The smallest absolute Gasteiger partial charge is 0.252 e. The van der Waals surface area contributed by atoms with Crippen molar-refractivity contribution in [1.29, 1.82) is 0 Å². The van der Waals surface area contributed by atoms with E-state index in [4.69, 9.17) is 0 Å². The van der Waals surface area contributed by atoms with Crippen LogP contribution >= 0.6 is 11.3 Å². The number of anilines is 6. The zero-order chi connectivity index (χ0) is 44.2. The highest BCUT2D eigenvalue weighted by Crippen LogP contribution is 2.54. The third-order valence-corrected chi connectivity index (χ3v) is 17.5. The SMILES string of the molecule is Cc1cc2c3c(c1)N(c1cccc4c1sc1ccccc14)c1cc4c(cc1B3c1ccc(-c3ccccc3)cc1N2c1cc2c(cc1C)C(C)(C)CCC2(C)C)C(C)(C)CCC4(C)C. The molecule has 0 atom stereocenters. The summed E-state index contributed by atoms with van der Waals surface area (Å²) in [7, 11) is 0. The molecule has 2 aliphatic heterocycles. The van der Waals surface area contributed by atoms with E-state index in [1.165, 1.54) is 141 Å². The van der Waals surface area contributed by atoms with Crippen molar-refractivity contribution in [3.8, 4) is 11.1 Å². The summed E-state index contributed by atoms with van der Waals surface area (Å²) in [5, 5.41) is 2.67. The molecule has 0 bridgehead atoms. The molecule has 2 aliphatic carbocycles. The second-order valence-corrected chi connectivity index (χ2v) is 23.4. The molecule has 0 radical (unpaired) electrons. The molecule has 0 spiro atoms. The molecule has 0 saturated carbocycles. The summed E-state index contributed by atoms with van der Waals surface area (Å²) in [4.78, 5) is 5.38. The van der Waals surface area contributed by atoms with Crippen molar-refractivity contribution in [3.63, 3.8) is 0 Å². The van der Waals surface area contributed by atoms with Gasteiger partial charge >= 0.3 is 0 Å². The van der Waals surface area contributed by atoms with Crippen LogP contribution in [0.1, 0.15) is 114 Å². The second-order valence-electron chi connectivity index (χ2n) is 22.4. The highest BCUT2D eigenvalue weighted by molar-refractivity contribution is 7.26.